The van der Waals surface area contributed by atoms with Crippen LogP contribution in [-0.4, -0.2) is 43.7 Å². The van der Waals surface area contributed by atoms with Crippen molar-refractivity contribution >= 4 is 27.3 Å². The average Bonchev–Trinajstić information content (AvgIpc) is 3.63. The highest BCUT2D eigenvalue weighted by atomic mass is 32.2. The van der Waals surface area contributed by atoms with Crippen molar-refractivity contribution in [1.29, 1.82) is 0 Å². The fourth-order valence-corrected chi connectivity index (χ4v) is 4.65. The first kappa shape index (κ1) is 23.7. The first-order chi connectivity index (χ1) is 16.3. The van der Waals surface area contributed by atoms with E-state index in [0.29, 0.717) is 16.8 Å². The van der Waals surface area contributed by atoms with Crippen LogP contribution in [0.3, 0.4) is 0 Å². The zero-order valence-corrected chi connectivity index (χ0v) is 19.6. The van der Waals surface area contributed by atoms with E-state index in [-0.39, 0.29) is 28.5 Å². The molecule has 2 amide bonds. The van der Waals surface area contributed by atoms with E-state index in [4.69, 9.17) is 5.11 Å². The van der Waals surface area contributed by atoms with E-state index < -0.39 is 16.4 Å². The summed E-state index contributed by atoms with van der Waals surface area (Å²) in [5.41, 5.74) is 4.17. The third-order valence-corrected chi connectivity index (χ3v) is 7.37. The lowest BCUT2D eigenvalue weighted by molar-refractivity contribution is 0.0950. The van der Waals surface area contributed by atoms with E-state index in [9.17, 15) is 18.0 Å². The minimum absolute atomic E-state index is 0.0378. The van der Waals surface area contributed by atoms with Crippen LogP contribution in [0.5, 0.6) is 0 Å². The molecule has 0 bridgehead atoms. The van der Waals surface area contributed by atoms with E-state index >= 15 is 0 Å². The van der Waals surface area contributed by atoms with Gasteiger partial charge in [0.2, 0.25) is 0 Å². The Morgan fingerprint density at radius 3 is 2.32 bits per heavy atom. The molecule has 1 aliphatic carbocycles. The third-order valence-electron chi connectivity index (χ3n) is 5.68. The topological polar surface area (TPSA) is 113 Å². The van der Waals surface area contributed by atoms with Gasteiger partial charge in [-0.15, -0.1) is 0 Å². The van der Waals surface area contributed by atoms with Crippen LogP contribution in [0.1, 0.15) is 39.1 Å². The second-order valence-corrected chi connectivity index (χ2v) is 10.5. The number of hydrogen-bond acceptors (Lipinski definition) is 5. The van der Waals surface area contributed by atoms with Gasteiger partial charge >= 0.3 is 0 Å². The highest BCUT2D eigenvalue weighted by Crippen LogP contribution is 2.26. The summed E-state index contributed by atoms with van der Waals surface area (Å²) in [6.45, 7) is 1.50. The number of benzene rings is 3. The Kier molecular flexibility index (Phi) is 6.81. The van der Waals surface area contributed by atoms with Gasteiger partial charge in [-0.2, -0.15) is 0 Å². The van der Waals surface area contributed by atoms with Crippen molar-refractivity contribution in [3.05, 3.63) is 83.4 Å². The van der Waals surface area contributed by atoms with Crippen molar-refractivity contribution in [3.8, 4) is 11.1 Å². The number of aliphatic hydroxyl groups is 1. The number of amides is 2. The van der Waals surface area contributed by atoms with Crippen molar-refractivity contribution in [1.82, 2.24) is 5.32 Å². The molecule has 3 aromatic rings. The number of anilines is 1. The SMILES string of the molecule is Cc1ccc(C(=O)NC2CC2)cc1-c1ccc(C(=O)Nc2cccc(S(=O)(=O)CCO)c2)cc1. The molecule has 8 heteroatoms. The van der Waals surface area contributed by atoms with Gasteiger partial charge in [-0.25, -0.2) is 8.42 Å². The zero-order valence-electron chi connectivity index (χ0n) is 18.7. The Balaban J connectivity index is 1.50. The van der Waals surface area contributed by atoms with Crippen LogP contribution in [0.4, 0.5) is 5.69 Å². The summed E-state index contributed by atoms with van der Waals surface area (Å²) in [5.74, 6) is -0.838. The number of sulfone groups is 1. The van der Waals surface area contributed by atoms with Crippen molar-refractivity contribution in [2.45, 2.75) is 30.7 Å². The molecule has 1 aliphatic rings. The molecule has 0 aliphatic heterocycles. The first-order valence-electron chi connectivity index (χ1n) is 11.0. The van der Waals surface area contributed by atoms with Crippen LogP contribution < -0.4 is 10.6 Å². The van der Waals surface area contributed by atoms with Gasteiger partial charge in [-0.3, -0.25) is 9.59 Å². The Labute approximate surface area is 198 Å². The number of carbonyl (C=O) groups is 2. The average molecular weight is 479 g/mol. The second-order valence-electron chi connectivity index (χ2n) is 8.38. The number of carbonyl (C=O) groups excluding carboxylic acids is 2. The summed E-state index contributed by atoms with van der Waals surface area (Å²) in [7, 11) is -3.62. The van der Waals surface area contributed by atoms with Crippen molar-refractivity contribution in [2.24, 2.45) is 0 Å². The highest BCUT2D eigenvalue weighted by Gasteiger charge is 2.24. The second kappa shape index (κ2) is 9.79. The Morgan fingerprint density at radius 1 is 0.941 bits per heavy atom. The summed E-state index contributed by atoms with van der Waals surface area (Å²) < 4.78 is 24.3. The lowest BCUT2D eigenvalue weighted by Gasteiger charge is -2.11. The third kappa shape index (κ3) is 5.52. The molecule has 0 unspecified atom stereocenters. The number of rotatable bonds is 8. The van der Waals surface area contributed by atoms with Crippen LogP contribution in [0.2, 0.25) is 0 Å². The predicted octanol–water partition coefficient (Wildman–Crippen LogP) is 3.57. The molecule has 0 saturated heterocycles. The first-order valence-corrected chi connectivity index (χ1v) is 12.7. The molecule has 1 saturated carbocycles. The maximum Gasteiger partial charge on any atom is 0.255 e. The molecule has 0 aromatic heterocycles. The summed E-state index contributed by atoms with van der Waals surface area (Å²) in [6.07, 6.45) is 2.05. The van der Waals surface area contributed by atoms with Crippen molar-refractivity contribution in [3.63, 3.8) is 0 Å². The Bertz CT molecular complexity index is 1330. The summed E-state index contributed by atoms with van der Waals surface area (Å²) >= 11 is 0. The van der Waals surface area contributed by atoms with E-state index in [1.54, 1.807) is 18.2 Å². The summed E-state index contributed by atoms with van der Waals surface area (Å²) in [4.78, 5) is 25.2. The summed E-state index contributed by atoms with van der Waals surface area (Å²) in [6, 6.07) is 18.8. The molecule has 1 fully saturated rings. The van der Waals surface area contributed by atoms with Gasteiger partial charge in [0.25, 0.3) is 11.8 Å². The Hall–Kier alpha value is -3.49. The molecule has 34 heavy (non-hydrogen) atoms. The van der Waals surface area contributed by atoms with E-state index in [2.05, 4.69) is 10.6 Å². The van der Waals surface area contributed by atoms with Crippen LogP contribution in [0.15, 0.2) is 71.6 Å². The van der Waals surface area contributed by atoms with Gasteiger partial charge in [0, 0.05) is 22.9 Å². The molecule has 3 N–H and O–H groups in total. The minimum Gasteiger partial charge on any atom is -0.395 e. The standard InChI is InChI=1S/C26H26N2O5S/c1-17-5-6-20(26(31)27-21-11-12-21)15-24(17)18-7-9-19(10-8-18)25(30)28-22-3-2-4-23(16-22)34(32,33)14-13-29/h2-10,15-16,21,29H,11-14H2,1H3,(H,27,31)(H,28,30). The van der Waals surface area contributed by atoms with E-state index in [1.807, 2.05) is 37.3 Å². The molecule has 176 valence electrons. The van der Waals surface area contributed by atoms with Gasteiger partial charge < -0.3 is 15.7 Å². The van der Waals surface area contributed by atoms with Gasteiger partial charge in [0.15, 0.2) is 9.84 Å². The van der Waals surface area contributed by atoms with Crippen LogP contribution in [0, 0.1) is 6.92 Å². The number of aliphatic hydroxyl groups excluding tert-OH is 1. The van der Waals surface area contributed by atoms with Crippen LogP contribution in [-0.2, 0) is 9.84 Å². The minimum atomic E-state index is -3.62. The van der Waals surface area contributed by atoms with Gasteiger partial charge in [0.05, 0.1) is 17.3 Å². The van der Waals surface area contributed by atoms with Crippen LogP contribution >= 0.6 is 0 Å². The lowest BCUT2D eigenvalue weighted by Crippen LogP contribution is -2.25. The molecular formula is C26H26N2O5S. The van der Waals surface area contributed by atoms with Crippen molar-refractivity contribution in [2.75, 3.05) is 17.7 Å². The molecular weight excluding hydrogens is 452 g/mol. The number of nitrogens with one attached hydrogen (secondary N) is 2. The maximum atomic E-state index is 12.7. The normalized spacial score (nSPS) is 13.4. The van der Waals surface area contributed by atoms with E-state index in [0.717, 1.165) is 29.5 Å². The van der Waals surface area contributed by atoms with Gasteiger partial charge in [-0.1, -0.05) is 24.3 Å². The molecule has 0 heterocycles. The molecule has 0 radical (unpaired) electrons. The predicted molar refractivity (Wildman–Crippen MR) is 131 cm³/mol. The van der Waals surface area contributed by atoms with Gasteiger partial charge in [0.1, 0.15) is 0 Å². The fourth-order valence-electron chi connectivity index (χ4n) is 3.58. The highest BCUT2D eigenvalue weighted by molar-refractivity contribution is 7.91. The monoisotopic (exact) mass is 478 g/mol. The summed E-state index contributed by atoms with van der Waals surface area (Å²) in [5, 5.41) is 14.7. The number of hydrogen-bond donors (Lipinski definition) is 3. The number of aryl methyl sites for hydroxylation is 1. The lowest BCUT2D eigenvalue weighted by atomic mass is 9.97. The largest absolute Gasteiger partial charge is 0.395 e. The molecule has 3 aromatic carbocycles. The smallest absolute Gasteiger partial charge is 0.255 e. The van der Waals surface area contributed by atoms with Gasteiger partial charge in [-0.05, 0) is 78.9 Å². The Morgan fingerprint density at radius 2 is 1.65 bits per heavy atom. The fraction of sp³-hybridized carbons (Fsp3) is 0.231. The van der Waals surface area contributed by atoms with Crippen molar-refractivity contribution < 1.29 is 23.1 Å². The zero-order chi connectivity index (χ0) is 24.3. The molecule has 7 nitrogen and oxygen atoms in total. The molecule has 4 rings (SSSR count). The molecule has 0 spiro atoms. The molecule has 0 atom stereocenters. The van der Waals surface area contributed by atoms with Crippen LogP contribution in [0.25, 0.3) is 11.1 Å². The quantitative estimate of drug-likeness (QED) is 0.458. The van der Waals surface area contributed by atoms with E-state index in [1.165, 1.54) is 18.2 Å². The maximum absolute atomic E-state index is 12.7.